The Bertz CT molecular complexity index is 349. The molecular weight excluding hydrogens is 208 g/mol. The SMILES string of the molecule is CCC[C@H](Oc1ccccc1OC)C(=O)O. The van der Waals surface area contributed by atoms with Crippen molar-refractivity contribution in [1.82, 2.24) is 0 Å². The van der Waals surface area contributed by atoms with Crippen LogP contribution in [0.4, 0.5) is 0 Å². The van der Waals surface area contributed by atoms with Crippen LogP contribution in [0.25, 0.3) is 0 Å². The largest absolute Gasteiger partial charge is 0.493 e. The van der Waals surface area contributed by atoms with Crippen LogP contribution in [0.3, 0.4) is 0 Å². The molecule has 0 fully saturated rings. The highest BCUT2D eigenvalue weighted by Crippen LogP contribution is 2.27. The standard InChI is InChI=1S/C12H16O4/c1-3-6-11(12(13)14)16-10-8-5-4-7-9(10)15-2/h4-5,7-8,11H,3,6H2,1-2H3,(H,13,14)/t11-/m0/s1. The van der Waals surface area contributed by atoms with Crippen molar-refractivity contribution in [3.05, 3.63) is 24.3 Å². The van der Waals surface area contributed by atoms with Gasteiger partial charge in [-0.15, -0.1) is 0 Å². The van der Waals surface area contributed by atoms with Gasteiger partial charge in [0.2, 0.25) is 0 Å². The second-order valence-electron chi connectivity index (χ2n) is 3.38. The summed E-state index contributed by atoms with van der Waals surface area (Å²) in [5, 5.41) is 8.96. The van der Waals surface area contributed by atoms with Crippen molar-refractivity contribution >= 4 is 5.97 Å². The predicted molar refractivity (Wildman–Crippen MR) is 60.0 cm³/mol. The number of carboxylic acid groups (broad SMARTS) is 1. The van der Waals surface area contributed by atoms with E-state index in [2.05, 4.69) is 0 Å². The molecule has 0 aromatic heterocycles. The predicted octanol–water partition coefficient (Wildman–Crippen LogP) is 2.33. The summed E-state index contributed by atoms with van der Waals surface area (Å²) in [6, 6.07) is 7.02. The second-order valence-corrected chi connectivity index (χ2v) is 3.38. The minimum atomic E-state index is -0.951. The monoisotopic (exact) mass is 224 g/mol. The van der Waals surface area contributed by atoms with Crippen LogP contribution in [-0.4, -0.2) is 24.3 Å². The first-order chi connectivity index (χ1) is 7.69. The molecule has 1 aromatic rings. The third-order valence-electron chi connectivity index (χ3n) is 2.16. The molecule has 88 valence electrons. The van der Waals surface area contributed by atoms with Crippen molar-refractivity contribution in [1.29, 1.82) is 0 Å². The summed E-state index contributed by atoms with van der Waals surface area (Å²) in [5.41, 5.74) is 0. The van der Waals surface area contributed by atoms with Crippen LogP contribution in [0.2, 0.25) is 0 Å². The summed E-state index contributed by atoms with van der Waals surface area (Å²) in [6.45, 7) is 1.92. The molecule has 0 saturated carbocycles. The molecule has 0 aliphatic rings. The van der Waals surface area contributed by atoms with Gasteiger partial charge in [0.05, 0.1) is 7.11 Å². The Morgan fingerprint density at radius 2 is 2.00 bits per heavy atom. The van der Waals surface area contributed by atoms with Gasteiger partial charge in [0, 0.05) is 0 Å². The number of rotatable bonds is 6. The Labute approximate surface area is 94.8 Å². The number of hydrogen-bond acceptors (Lipinski definition) is 3. The van der Waals surface area contributed by atoms with Gasteiger partial charge < -0.3 is 14.6 Å². The Morgan fingerprint density at radius 1 is 1.38 bits per heavy atom. The number of carboxylic acids is 1. The molecule has 1 aromatic carbocycles. The summed E-state index contributed by atoms with van der Waals surface area (Å²) in [6.07, 6.45) is 0.417. The minimum Gasteiger partial charge on any atom is -0.493 e. The molecule has 1 N–H and O–H groups in total. The van der Waals surface area contributed by atoms with E-state index in [1.165, 1.54) is 7.11 Å². The van der Waals surface area contributed by atoms with Crippen LogP contribution in [0.15, 0.2) is 24.3 Å². The van der Waals surface area contributed by atoms with Gasteiger partial charge in [-0.25, -0.2) is 4.79 Å². The first-order valence-corrected chi connectivity index (χ1v) is 5.21. The lowest BCUT2D eigenvalue weighted by atomic mass is 10.2. The first-order valence-electron chi connectivity index (χ1n) is 5.21. The molecular formula is C12H16O4. The number of para-hydroxylation sites is 2. The lowest BCUT2D eigenvalue weighted by Crippen LogP contribution is -2.26. The number of ether oxygens (including phenoxy) is 2. The van der Waals surface area contributed by atoms with Crippen molar-refractivity contribution in [3.63, 3.8) is 0 Å². The normalized spacial score (nSPS) is 11.9. The van der Waals surface area contributed by atoms with Crippen molar-refractivity contribution in [2.45, 2.75) is 25.9 Å². The fourth-order valence-electron chi connectivity index (χ4n) is 1.36. The van der Waals surface area contributed by atoms with E-state index in [0.717, 1.165) is 6.42 Å². The molecule has 0 saturated heterocycles. The van der Waals surface area contributed by atoms with Gasteiger partial charge in [-0.2, -0.15) is 0 Å². The molecule has 0 amide bonds. The van der Waals surface area contributed by atoms with Gasteiger partial charge in [0.15, 0.2) is 17.6 Å². The molecule has 0 aliphatic carbocycles. The Hall–Kier alpha value is -1.71. The maximum atomic E-state index is 10.9. The topological polar surface area (TPSA) is 55.8 Å². The van der Waals surface area contributed by atoms with Crippen LogP contribution in [0, 0.1) is 0 Å². The lowest BCUT2D eigenvalue weighted by molar-refractivity contribution is -0.145. The third-order valence-corrected chi connectivity index (χ3v) is 2.16. The number of aliphatic carboxylic acids is 1. The van der Waals surface area contributed by atoms with Crippen LogP contribution >= 0.6 is 0 Å². The zero-order chi connectivity index (χ0) is 12.0. The fourth-order valence-corrected chi connectivity index (χ4v) is 1.36. The number of carbonyl (C=O) groups is 1. The number of methoxy groups -OCH3 is 1. The van der Waals surface area contributed by atoms with E-state index in [4.69, 9.17) is 14.6 Å². The summed E-state index contributed by atoms with van der Waals surface area (Å²) < 4.78 is 10.5. The van der Waals surface area contributed by atoms with Crippen molar-refractivity contribution < 1.29 is 19.4 Å². The van der Waals surface area contributed by atoms with Crippen LogP contribution in [0.1, 0.15) is 19.8 Å². The molecule has 4 heteroatoms. The quantitative estimate of drug-likeness (QED) is 0.805. The van der Waals surface area contributed by atoms with Crippen LogP contribution < -0.4 is 9.47 Å². The van der Waals surface area contributed by atoms with Crippen molar-refractivity contribution in [3.8, 4) is 11.5 Å². The van der Waals surface area contributed by atoms with Crippen LogP contribution in [-0.2, 0) is 4.79 Å². The maximum Gasteiger partial charge on any atom is 0.344 e. The average Bonchev–Trinajstić information content (AvgIpc) is 2.29. The first kappa shape index (κ1) is 12.4. The molecule has 16 heavy (non-hydrogen) atoms. The molecule has 0 radical (unpaired) electrons. The number of hydrogen-bond donors (Lipinski definition) is 1. The van der Waals surface area contributed by atoms with Gasteiger partial charge in [0.1, 0.15) is 0 Å². The van der Waals surface area contributed by atoms with Crippen LogP contribution in [0.5, 0.6) is 11.5 Å². The van der Waals surface area contributed by atoms with E-state index in [9.17, 15) is 4.79 Å². The van der Waals surface area contributed by atoms with Crippen molar-refractivity contribution in [2.24, 2.45) is 0 Å². The highest BCUT2D eigenvalue weighted by molar-refractivity contribution is 5.72. The highest BCUT2D eigenvalue weighted by Gasteiger charge is 2.19. The van der Waals surface area contributed by atoms with Gasteiger partial charge in [0.25, 0.3) is 0 Å². The van der Waals surface area contributed by atoms with E-state index in [1.807, 2.05) is 6.92 Å². The average molecular weight is 224 g/mol. The fraction of sp³-hybridized carbons (Fsp3) is 0.417. The molecule has 0 aliphatic heterocycles. The summed E-state index contributed by atoms with van der Waals surface area (Å²) >= 11 is 0. The molecule has 0 unspecified atom stereocenters. The van der Waals surface area contributed by atoms with E-state index >= 15 is 0 Å². The summed E-state index contributed by atoms with van der Waals surface area (Å²) in [7, 11) is 1.53. The van der Waals surface area contributed by atoms with Gasteiger partial charge >= 0.3 is 5.97 Å². The molecule has 1 atom stereocenters. The Balaban J connectivity index is 2.80. The Kier molecular flexibility index (Phi) is 4.64. The minimum absolute atomic E-state index is 0.464. The second kappa shape index (κ2) is 6.00. The molecule has 0 bridgehead atoms. The zero-order valence-electron chi connectivity index (χ0n) is 9.47. The van der Waals surface area contributed by atoms with Gasteiger partial charge in [-0.05, 0) is 18.6 Å². The van der Waals surface area contributed by atoms with Gasteiger partial charge in [-0.3, -0.25) is 0 Å². The van der Waals surface area contributed by atoms with E-state index in [-0.39, 0.29) is 0 Å². The van der Waals surface area contributed by atoms with E-state index in [0.29, 0.717) is 17.9 Å². The molecule has 0 spiro atoms. The third kappa shape index (κ3) is 3.15. The Morgan fingerprint density at radius 3 is 2.50 bits per heavy atom. The highest BCUT2D eigenvalue weighted by atomic mass is 16.5. The molecule has 4 nitrogen and oxygen atoms in total. The van der Waals surface area contributed by atoms with E-state index in [1.54, 1.807) is 24.3 Å². The lowest BCUT2D eigenvalue weighted by Gasteiger charge is -2.16. The smallest absolute Gasteiger partial charge is 0.344 e. The summed E-state index contributed by atoms with van der Waals surface area (Å²) in [4.78, 5) is 10.9. The number of benzene rings is 1. The molecule has 0 heterocycles. The summed E-state index contributed by atoms with van der Waals surface area (Å²) in [5.74, 6) is 0.0588. The molecule has 1 rings (SSSR count). The maximum absolute atomic E-state index is 10.9. The van der Waals surface area contributed by atoms with Gasteiger partial charge in [-0.1, -0.05) is 25.5 Å². The van der Waals surface area contributed by atoms with E-state index < -0.39 is 12.1 Å². The zero-order valence-corrected chi connectivity index (χ0v) is 9.47. The van der Waals surface area contributed by atoms with Crippen molar-refractivity contribution in [2.75, 3.05) is 7.11 Å².